The number of nitrogens with one attached hydrogen (secondary N) is 1. The lowest BCUT2D eigenvalue weighted by molar-refractivity contribution is -0.120. The Morgan fingerprint density at radius 2 is 1.88 bits per heavy atom. The van der Waals surface area contributed by atoms with Crippen LogP contribution < -0.4 is 10.2 Å². The standard InChI is InChI=1S/C18H18FN5OS/c19-14-5-7-15(8-6-14)20-16(25)13-4-3-11-24(12-13)18-22-21-17(26-18)23-9-1-2-10-23/h1-2,5-10,13H,3-4,11-12H2,(H,20,25)/t13-/m1/s1. The van der Waals surface area contributed by atoms with E-state index in [9.17, 15) is 9.18 Å². The highest BCUT2D eigenvalue weighted by atomic mass is 32.1. The van der Waals surface area contributed by atoms with E-state index in [0.717, 1.165) is 29.6 Å². The summed E-state index contributed by atoms with van der Waals surface area (Å²) in [7, 11) is 0. The van der Waals surface area contributed by atoms with E-state index in [-0.39, 0.29) is 17.6 Å². The predicted octanol–water partition coefficient (Wildman–Crippen LogP) is 3.32. The van der Waals surface area contributed by atoms with E-state index < -0.39 is 0 Å². The number of rotatable bonds is 4. The first-order valence-corrected chi connectivity index (χ1v) is 9.29. The van der Waals surface area contributed by atoms with Crippen LogP contribution in [0.4, 0.5) is 15.2 Å². The Hall–Kier alpha value is -2.74. The second kappa shape index (κ2) is 7.25. The summed E-state index contributed by atoms with van der Waals surface area (Å²) in [6.45, 7) is 1.47. The molecule has 1 saturated heterocycles. The van der Waals surface area contributed by atoms with Crippen LogP contribution in [0.1, 0.15) is 12.8 Å². The highest BCUT2D eigenvalue weighted by molar-refractivity contribution is 7.17. The van der Waals surface area contributed by atoms with Crippen LogP contribution in [0.2, 0.25) is 0 Å². The first-order chi connectivity index (χ1) is 12.7. The van der Waals surface area contributed by atoms with Crippen molar-refractivity contribution < 1.29 is 9.18 Å². The van der Waals surface area contributed by atoms with Crippen LogP contribution in [-0.4, -0.2) is 33.8 Å². The Balaban J connectivity index is 1.42. The molecule has 1 fully saturated rings. The average molecular weight is 371 g/mol. The largest absolute Gasteiger partial charge is 0.346 e. The Labute approximate surface area is 154 Å². The molecule has 0 radical (unpaired) electrons. The Morgan fingerprint density at radius 3 is 2.65 bits per heavy atom. The normalized spacial score (nSPS) is 17.3. The van der Waals surface area contributed by atoms with E-state index in [1.807, 2.05) is 29.1 Å². The van der Waals surface area contributed by atoms with Crippen LogP contribution in [0.3, 0.4) is 0 Å². The maximum Gasteiger partial charge on any atom is 0.229 e. The number of nitrogens with zero attached hydrogens (tertiary/aromatic N) is 4. The lowest BCUT2D eigenvalue weighted by atomic mass is 9.97. The molecule has 8 heteroatoms. The molecule has 2 aromatic heterocycles. The molecule has 0 spiro atoms. The second-order valence-corrected chi connectivity index (χ2v) is 7.17. The Kier molecular flexibility index (Phi) is 4.66. The molecule has 1 aliphatic heterocycles. The molecule has 1 aliphatic rings. The Morgan fingerprint density at radius 1 is 1.15 bits per heavy atom. The fourth-order valence-corrected chi connectivity index (χ4v) is 3.89. The minimum atomic E-state index is -0.318. The summed E-state index contributed by atoms with van der Waals surface area (Å²) in [5, 5.41) is 13.0. The van der Waals surface area contributed by atoms with Gasteiger partial charge in [-0.3, -0.25) is 9.36 Å². The summed E-state index contributed by atoms with van der Waals surface area (Å²) < 4.78 is 14.9. The van der Waals surface area contributed by atoms with E-state index in [4.69, 9.17) is 0 Å². The van der Waals surface area contributed by atoms with Crippen molar-refractivity contribution in [3.05, 3.63) is 54.6 Å². The minimum Gasteiger partial charge on any atom is -0.346 e. The number of carbonyl (C=O) groups is 1. The number of piperidine rings is 1. The molecule has 6 nitrogen and oxygen atoms in total. The molecule has 1 atom stereocenters. The van der Waals surface area contributed by atoms with Gasteiger partial charge in [0.1, 0.15) is 5.82 Å². The number of aromatic nitrogens is 3. The second-order valence-electron chi connectivity index (χ2n) is 6.24. The van der Waals surface area contributed by atoms with Crippen molar-refractivity contribution in [2.75, 3.05) is 23.3 Å². The van der Waals surface area contributed by atoms with E-state index in [1.165, 1.54) is 23.5 Å². The maximum absolute atomic E-state index is 13.0. The Bertz CT molecular complexity index is 877. The number of hydrogen-bond acceptors (Lipinski definition) is 5. The number of benzene rings is 1. The molecule has 26 heavy (non-hydrogen) atoms. The van der Waals surface area contributed by atoms with Gasteiger partial charge in [-0.15, -0.1) is 10.2 Å². The molecular formula is C18H18FN5OS. The van der Waals surface area contributed by atoms with Crippen LogP contribution in [0, 0.1) is 11.7 Å². The average Bonchev–Trinajstić information content (AvgIpc) is 3.35. The fraction of sp³-hybridized carbons (Fsp3) is 0.278. The van der Waals surface area contributed by atoms with Crippen molar-refractivity contribution in [3.63, 3.8) is 0 Å². The predicted molar refractivity (Wildman–Crippen MR) is 99.2 cm³/mol. The van der Waals surface area contributed by atoms with Crippen LogP contribution in [0.25, 0.3) is 5.13 Å². The topological polar surface area (TPSA) is 63.1 Å². The maximum atomic E-state index is 13.0. The third-order valence-corrected chi connectivity index (χ3v) is 5.40. The van der Waals surface area contributed by atoms with E-state index in [2.05, 4.69) is 20.4 Å². The summed E-state index contributed by atoms with van der Waals surface area (Å²) in [6.07, 6.45) is 5.60. The molecule has 0 aliphatic carbocycles. The van der Waals surface area contributed by atoms with Gasteiger partial charge in [0, 0.05) is 31.2 Å². The molecule has 1 N–H and O–H groups in total. The van der Waals surface area contributed by atoms with Crippen molar-refractivity contribution in [2.45, 2.75) is 12.8 Å². The molecule has 1 amide bonds. The van der Waals surface area contributed by atoms with Gasteiger partial charge < -0.3 is 10.2 Å². The zero-order chi connectivity index (χ0) is 17.9. The highest BCUT2D eigenvalue weighted by Crippen LogP contribution is 2.28. The summed E-state index contributed by atoms with van der Waals surface area (Å²) in [4.78, 5) is 14.7. The van der Waals surface area contributed by atoms with Crippen LogP contribution >= 0.6 is 11.3 Å². The zero-order valence-corrected chi connectivity index (χ0v) is 14.8. The molecule has 0 saturated carbocycles. The van der Waals surface area contributed by atoms with Gasteiger partial charge in [0.05, 0.1) is 5.92 Å². The van der Waals surface area contributed by atoms with Gasteiger partial charge in [0.2, 0.25) is 16.2 Å². The lowest BCUT2D eigenvalue weighted by Gasteiger charge is -2.31. The first kappa shape index (κ1) is 16.7. The van der Waals surface area contributed by atoms with Crippen LogP contribution in [0.15, 0.2) is 48.8 Å². The monoisotopic (exact) mass is 371 g/mol. The van der Waals surface area contributed by atoms with Gasteiger partial charge >= 0.3 is 0 Å². The van der Waals surface area contributed by atoms with Gasteiger partial charge in [-0.25, -0.2) is 4.39 Å². The van der Waals surface area contributed by atoms with Crippen LogP contribution in [-0.2, 0) is 4.79 Å². The molecule has 1 aromatic carbocycles. The number of carbonyl (C=O) groups excluding carboxylic acids is 1. The molecule has 4 rings (SSSR count). The summed E-state index contributed by atoms with van der Waals surface area (Å²) in [6, 6.07) is 9.71. The van der Waals surface area contributed by atoms with Gasteiger partial charge in [0.25, 0.3) is 0 Å². The van der Waals surface area contributed by atoms with Gasteiger partial charge in [-0.05, 0) is 49.2 Å². The minimum absolute atomic E-state index is 0.0449. The van der Waals surface area contributed by atoms with E-state index in [0.29, 0.717) is 12.2 Å². The van der Waals surface area contributed by atoms with E-state index in [1.54, 1.807) is 12.1 Å². The highest BCUT2D eigenvalue weighted by Gasteiger charge is 2.27. The molecule has 134 valence electrons. The van der Waals surface area contributed by atoms with Crippen molar-refractivity contribution in [1.29, 1.82) is 0 Å². The summed E-state index contributed by atoms with van der Waals surface area (Å²) in [5.74, 6) is -0.495. The molecule has 0 bridgehead atoms. The summed E-state index contributed by atoms with van der Waals surface area (Å²) in [5.41, 5.74) is 0.610. The van der Waals surface area contributed by atoms with Gasteiger partial charge in [-0.2, -0.15) is 0 Å². The third-order valence-electron chi connectivity index (χ3n) is 4.40. The van der Waals surface area contributed by atoms with Crippen molar-refractivity contribution in [1.82, 2.24) is 14.8 Å². The van der Waals surface area contributed by atoms with Crippen molar-refractivity contribution in [2.24, 2.45) is 5.92 Å². The number of hydrogen-bond donors (Lipinski definition) is 1. The van der Waals surface area contributed by atoms with Gasteiger partial charge in [-0.1, -0.05) is 11.3 Å². The number of halogens is 1. The lowest BCUT2D eigenvalue weighted by Crippen LogP contribution is -2.40. The zero-order valence-electron chi connectivity index (χ0n) is 14.0. The quantitative estimate of drug-likeness (QED) is 0.764. The van der Waals surface area contributed by atoms with Gasteiger partial charge in [0.15, 0.2) is 0 Å². The third kappa shape index (κ3) is 3.60. The molecule has 3 heterocycles. The van der Waals surface area contributed by atoms with E-state index >= 15 is 0 Å². The summed E-state index contributed by atoms with van der Waals surface area (Å²) >= 11 is 1.51. The van der Waals surface area contributed by atoms with Crippen molar-refractivity contribution in [3.8, 4) is 5.13 Å². The van der Waals surface area contributed by atoms with Crippen LogP contribution in [0.5, 0.6) is 0 Å². The molecular weight excluding hydrogens is 353 g/mol. The molecule has 3 aromatic rings. The number of anilines is 2. The first-order valence-electron chi connectivity index (χ1n) is 8.47. The van der Waals surface area contributed by atoms with Crippen molar-refractivity contribution >= 4 is 28.1 Å². The SMILES string of the molecule is O=C(Nc1ccc(F)cc1)[C@@H]1CCCN(c2nnc(-n3cccc3)s2)C1. The smallest absolute Gasteiger partial charge is 0.229 e. The molecule has 0 unspecified atom stereocenters. The fourth-order valence-electron chi connectivity index (χ4n) is 3.04. The number of amides is 1.